The monoisotopic (exact) mass is 292 g/mol. The molecule has 0 atom stereocenters. The fraction of sp³-hybridized carbons (Fsp3) is 0.467. The SMILES string of the molecule is COCC(=O)N1CCN(Cc2ccc(OC)cc2)C(=O)C1. The van der Waals surface area contributed by atoms with Crippen LogP contribution in [0.5, 0.6) is 5.75 Å². The molecule has 0 saturated carbocycles. The summed E-state index contributed by atoms with van der Waals surface area (Å²) >= 11 is 0. The van der Waals surface area contributed by atoms with Crippen LogP contribution in [0.4, 0.5) is 0 Å². The van der Waals surface area contributed by atoms with Gasteiger partial charge in [-0.2, -0.15) is 0 Å². The van der Waals surface area contributed by atoms with Gasteiger partial charge in [-0.25, -0.2) is 0 Å². The molecule has 0 aromatic heterocycles. The van der Waals surface area contributed by atoms with Crippen LogP contribution >= 0.6 is 0 Å². The molecule has 1 aromatic rings. The van der Waals surface area contributed by atoms with Crippen LogP contribution in [-0.4, -0.2) is 62.1 Å². The lowest BCUT2D eigenvalue weighted by Crippen LogP contribution is -2.52. The second kappa shape index (κ2) is 7.08. The third kappa shape index (κ3) is 3.95. The predicted octanol–water partition coefficient (Wildman–Crippen LogP) is 0.512. The molecule has 0 spiro atoms. The molecular formula is C15H20N2O4. The van der Waals surface area contributed by atoms with Crippen molar-refractivity contribution in [3.8, 4) is 5.75 Å². The normalized spacial score (nSPS) is 15.2. The van der Waals surface area contributed by atoms with E-state index in [0.717, 1.165) is 11.3 Å². The van der Waals surface area contributed by atoms with Gasteiger partial charge in [0.15, 0.2) is 0 Å². The number of nitrogens with zero attached hydrogens (tertiary/aromatic N) is 2. The smallest absolute Gasteiger partial charge is 0.249 e. The zero-order valence-corrected chi connectivity index (χ0v) is 12.4. The van der Waals surface area contributed by atoms with Gasteiger partial charge in [-0.1, -0.05) is 12.1 Å². The summed E-state index contributed by atoms with van der Waals surface area (Å²) in [5, 5.41) is 0. The van der Waals surface area contributed by atoms with Crippen molar-refractivity contribution >= 4 is 11.8 Å². The average Bonchev–Trinajstić information content (AvgIpc) is 2.50. The van der Waals surface area contributed by atoms with E-state index < -0.39 is 0 Å². The number of ether oxygens (including phenoxy) is 2. The molecule has 1 saturated heterocycles. The molecule has 1 heterocycles. The molecule has 6 heteroatoms. The molecule has 1 aromatic carbocycles. The lowest BCUT2D eigenvalue weighted by Gasteiger charge is -2.34. The van der Waals surface area contributed by atoms with E-state index in [1.165, 1.54) is 12.0 Å². The van der Waals surface area contributed by atoms with Gasteiger partial charge >= 0.3 is 0 Å². The maximum absolute atomic E-state index is 12.1. The molecule has 0 N–H and O–H groups in total. The number of carbonyl (C=O) groups excluding carboxylic acids is 2. The molecule has 0 bridgehead atoms. The van der Waals surface area contributed by atoms with Gasteiger partial charge in [0.2, 0.25) is 11.8 Å². The van der Waals surface area contributed by atoms with Gasteiger partial charge in [0.25, 0.3) is 0 Å². The molecule has 0 unspecified atom stereocenters. The molecule has 0 aliphatic carbocycles. The first kappa shape index (κ1) is 15.3. The third-order valence-corrected chi connectivity index (χ3v) is 3.47. The fourth-order valence-electron chi connectivity index (χ4n) is 2.25. The molecule has 6 nitrogen and oxygen atoms in total. The highest BCUT2D eigenvalue weighted by Gasteiger charge is 2.26. The summed E-state index contributed by atoms with van der Waals surface area (Å²) in [4.78, 5) is 27.1. The van der Waals surface area contributed by atoms with Crippen molar-refractivity contribution in [3.63, 3.8) is 0 Å². The van der Waals surface area contributed by atoms with E-state index in [1.807, 2.05) is 24.3 Å². The molecule has 1 aliphatic heterocycles. The third-order valence-electron chi connectivity index (χ3n) is 3.47. The summed E-state index contributed by atoms with van der Waals surface area (Å²) in [7, 11) is 3.09. The summed E-state index contributed by atoms with van der Waals surface area (Å²) in [6, 6.07) is 7.62. The van der Waals surface area contributed by atoms with Gasteiger partial charge < -0.3 is 19.3 Å². The van der Waals surface area contributed by atoms with Crippen LogP contribution in [0.2, 0.25) is 0 Å². The summed E-state index contributed by atoms with van der Waals surface area (Å²) < 4.78 is 9.92. The number of methoxy groups -OCH3 is 2. The predicted molar refractivity (Wildman–Crippen MR) is 76.9 cm³/mol. The first-order valence-electron chi connectivity index (χ1n) is 6.81. The van der Waals surface area contributed by atoms with Crippen LogP contribution in [-0.2, 0) is 20.9 Å². The number of carbonyl (C=O) groups is 2. The average molecular weight is 292 g/mol. The van der Waals surface area contributed by atoms with Gasteiger partial charge in [0.05, 0.1) is 13.7 Å². The van der Waals surface area contributed by atoms with E-state index in [9.17, 15) is 9.59 Å². The van der Waals surface area contributed by atoms with E-state index in [0.29, 0.717) is 19.6 Å². The van der Waals surface area contributed by atoms with Crippen molar-refractivity contribution in [1.82, 2.24) is 9.80 Å². The number of benzene rings is 1. The van der Waals surface area contributed by atoms with Crippen molar-refractivity contribution in [3.05, 3.63) is 29.8 Å². The Bertz CT molecular complexity index is 501. The van der Waals surface area contributed by atoms with E-state index in [2.05, 4.69) is 0 Å². The molecule has 1 aliphatic rings. The number of hydrogen-bond donors (Lipinski definition) is 0. The summed E-state index contributed by atoms with van der Waals surface area (Å²) in [5.41, 5.74) is 1.04. The maximum Gasteiger partial charge on any atom is 0.249 e. The number of piperazine rings is 1. The van der Waals surface area contributed by atoms with Crippen LogP contribution in [0.25, 0.3) is 0 Å². The first-order chi connectivity index (χ1) is 10.1. The Morgan fingerprint density at radius 1 is 1.19 bits per heavy atom. The molecule has 2 amide bonds. The Morgan fingerprint density at radius 2 is 1.90 bits per heavy atom. The summed E-state index contributed by atoms with van der Waals surface area (Å²) in [6.07, 6.45) is 0. The Labute approximate surface area is 124 Å². The molecular weight excluding hydrogens is 272 g/mol. The van der Waals surface area contributed by atoms with Gasteiger partial charge in [-0.3, -0.25) is 9.59 Å². The minimum absolute atomic E-state index is 0.0196. The van der Waals surface area contributed by atoms with E-state index in [-0.39, 0.29) is 25.0 Å². The van der Waals surface area contributed by atoms with Gasteiger partial charge in [0.1, 0.15) is 12.4 Å². The van der Waals surface area contributed by atoms with E-state index in [4.69, 9.17) is 9.47 Å². The second-order valence-corrected chi connectivity index (χ2v) is 4.91. The molecule has 114 valence electrons. The summed E-state index contributed by atoms with van der Waals surface area (Å²) in [5.74, 6) is 0.608. The largest absolute Gasteiger partial charge is 0.497 e. The zero-order chi connectivity index (χ0) is 15.2. The molecule has 1 fully saturated rings. The van der Waals surface area contributed by atoms with Crippen molar-refractivity contribution in [2.75, 3.05) is 40.5 Å². The summed E-state index contributed by atoms with van der Waals surface area (Å²) in [6.45, 7) is 1.78. The van der Waals surface area contributed by atoms with Crippen LogP contribution in [0, 0.1) is 0 Å². The Hall–Kier alpha value is -2.08. The second-order valence-electron chi connectivity index (χ2n) is 4.91. The van der Waals surface area contributed by atoms with Crippen molar-refractivity contribution in [1.29, 1.82) is 0 Å². The maximum atomic E-state index is 12.1. The van der Waals surface area contributed by atoms with Crippen LogP contribution in [0.15, 0.2) is 24.3 Å². The van der Waals surface area contributed by atoms with Crippen molar-refractivity contribution < 1.29 is 19.1 Å². The van der Waals surface area contributed by atoms with Crippen LogP contribution in [0.3, 0.4) is 0 Å². The quantitative estimate of drug-likeness (QED) is 0.793. The van der Waals surface area contributed by atoms with E-state index in [1.54, 1.807) is 12.0 Å². The van der Waals surface area contributed by atoms with Gasteiger partial charge in [-0.15, -0.1) is 0 Å². The number of amides is 2. The highest BCUT2D eigenvalue weighted by molar-refractivity contribution is 5.86. The van der Waals surface area contributed by atoms with Gasteiger partial charge in [0, 0.05) is 26.7 Å². The zero-order valence-electron chi connectivity index (χ0n) is 12.4. The highest BCUT2D eigenvalue weighted by Crippen LogP contribution is 2.14. The fourth-order valence-corrected chi connectivity index (χ4v) is 2.25. The minimum Gasteiger partial charge on any atom is -0.497 e. The Kier molecular flexibility index (Phi) is 5.16. The lowest BCUT2D eigenvalue weighted by molar-refractivity contribution is -0.147. The standard InChI is InChI=1S/C15H20N2O4/c1-20-11-15(19)17-8-7-16(14(18)10-17)9-12-3-5-13(21-2)6-4-12/h3-6H,7-11H2,1-2H3. The highest BCUT2D eigenvalue weighted by atomic mass is 16.5. The van der Waals surface area contributed by atoms with Crippen molar-refractivity contribution in [2.24, 2.45) is 0 Å². The Morgan fingerprint density at radius 3 is 2.48 bits per heavy atom. The first-order valence-corrected chi connectivity index (χ1v) is 6.81. The Balaban J connectivity index is 1.91. The van der Waals surface area contributed by atoms with Crippen LogP contribution in [0.1, 0.15) is 5.56 Å². The van der Waals surface area contributed by atoms with Crippen LogP contribution < -0.4 is 4.74 Å². The van der Waals surface area contributed by atoms with Gasteiger partial charge in [-0.05, 0) is 17.7 Å². The lowest BCUT2D eigenvalue weighted by atomic mass is 10.2. The van der Waals surface area contributed by atoms with Crippen molar-refractivity contribution in [2.45, 2.75) is 6.54 Å². The number of hydrogen-bond acceptors (Lipinski definition) is 4. The molecule has 2 rings (SSSR count). The minimum atomic E-state index is -0.144. The molecule has 0 radical (unpaired) electrons. The topological polar surface area (TPSA) is 59.1 Å². The van der Waals surface area contributed by atoms with E-state index >= 15 is 0 Å². The number of rotatable bonds is 5. The molecule has 21 heavy (non-hydrogen) atoms.